The second kappa shape index (κ2) is 4.72. The molecule has 0 saturated carbocycles. The molecule has 0 radical (unpaired) electrons. The summed E-state index contributed by atoms with van der Waals surface area (Å²) in [6.07, 6.45) is 4.18. The Balaban J connectivity index is 4.12. The highest BCUT2D eigenvalue weighted by atomic mass is 16.1. The minimum absolute atomic E-state index is 0.284. The van der Waals surface area contributed by atoms with Gasteiger partial charge in [0.25, 0.3) is 0 Å². The third kappa shape index (κ3) is 4.37. The van der Waals surface area contributed by atoms with E-state index in [1.165, 1.54) is 5.57 Å². The fraction of sp³-hybridized carbons (Fsp3) is 0.444. The van der Waals surface area contributed by atoms with Crippen LogP contribution in [0.3, 0.4) is 0 Å². The van der Waals surface area contributed by atoms with E-state index < -0.39 is 0 Å². The first-order valence-corrected chi connectivity index (χ1v) is 3.66. The number of nitrogens with two attached hydrogens (primary N) is 1. The maximum Gasteiger partial charge on any atom is 0.221 e. The standard InChI is InChI=1S/C9H15NO/c1-4-7(2)8(3)5-6-9(10)11/h4-5H,6H2,1-3H3,(H2,10,11)/b7-4-,8-5-. The van der Waals surface area contributed by atoms with E-state index in [0.717, 1.165) is 5.57 Å². The average molecular weight is 153 g/mol. The Labute approximate surface area is 67.8 Å². The van der Waals surface area contributed by atoms with Crippen LogP contribution in [0.5, 0.6) is 0 Å². The number of hydrogen-bond donors (Lipinski definition) is 1. The molecule has 2 N–H and O–H groups in total. The first-order chi connectivity index (χ1) is 5.07. The van der Waals surface area contributed by atoms with Crippen molar-refractivity contribution in [2.75, 3.05) is 0 Å². The van der Waals surface area contributed by atoms with Gasteiger partial charge < -0.3 is 5.73 Å². The van der Waals surface area contributed by atoms with Crippen molar-refractivity contribution >= 4 is 5.91 Å². The highest BCUT2D eigenvalue weighted by Gasteiger charge is 1.92. The van der Waals surface area contributed by atoms with Gasteiger partial charge in [0.15, 0.2) is 0 Å². The molecule has 2 heteroatoms. The van der Waals surface area contributed by atoms with Crippen molar-refractivity contribution in [3.63, 3.8) is 0 Å². The molecule has 1 amide bonds. The molecular formula is C9H15NO. The number of carbonyl (C=O) groups is 1. The second-order valence-electron chi connectivity index (χ2n) is 2.53. The van der Waals surface area contributed by atoms with Crippen LogP contribution in [-0.2, 0) is 4.79 Å². The number of amides is 1. The van der Waals surface area contributed by atoms with E-state index in [4.69, 9.17) is 5.73 Å². The predicted molar refractivity (Wildman–Crippen MR) is 47.0 cm³/mol. The zero-order valence-corrected chi connectivity index (χ0v) is 7.35. The van der Waals surface area contributed by atoms with Crippen LogP contribution in [0.4, 0.5) is 0 Å². The van der Waals surface area contributed by atoms with Gasteiger partial charge in [0.2, 0.25) is 5.91 Å². The quantitative estimate of drug-likeness (QED) is 0.617. The minimum Gasteiger partial charge on any atom is -0.369 e. The molecule has 0 aliphatic rings. The van der Waals surface area contributed by atoms with E-state index in [0.29, 0.717) is 6.42 Å². The Kier molecular flexibility index (Phi) is 4.27. The molecule has 0 aromatic carbocycles. The summed E-state index contributed by atoms with van der Waals surface area (Å²) < 4.78 is 0. The number of primary amides is 1. The van der Waals surface area contributed by atoms with Crippen molar-refractivity contribution in [3.05, 3.63) is 23.3 Å². The topological polar surface area (TPSA) is 43.1 Å². The van der Waals surface area contributed by atoms with Gasteiger partial charge in [-0.15, -0.1) is 0 Å². The van der Waals surface area contributed by atoms with E-state index in [-0.39, 0.29) is 5.91 Å². The summed E-state index contributed by atoms with van der Waals surface area (Å²) in [7, 11) is 0. The third-order valence-electron chi connectivity index (χ3n) is 1.66. The zero-order valence-electron chi connectivity index (χ0n) is 7.35. The molecular weight excluding hydrogens is 138 g/mol. The third-order valence-corrected chi connectivity index (χ3v) is 1.66. The Morgan fingerprint density at radius 1 is 1.36 bits per heavy atom. The van der Waals surface area contributed by atoms with Crippen LogP contribution in [0.1, 0.15) is 27.2 Å². The van der Waals surface area contributed by atoms with Crippen molar-refractivity contribution in [1.82, 2.24) is 0 Å². The maximum atomic E-state index is 10.4. The first-order valence-electron chi connectivity index (χ1n) is 3.66. The van der Waals surface area contributed by atoms with E-state index in [9.17, 15) is 4.79 Å². The summed E-state index contributed by atoms with van der Waals surface area (Å²) in [4.78, 5) is 10.4. The van der Waals surface area contributed by atoms with Crippen molar-refractivity contribution in [2.24, 2.45) is 5.73 Å². The summed E-state index contributed by atoms with van der Waals surface area (Å²) >= 11 is 0. The Morgan fingerprint density at radius 3 is 2.27 bits per heavy atom. The molecule has 0 aromatic heterocycles. The molecule has 2 nitrogen and oxygen atoms in total. The van der Waals surface area contributed by atoms with E-state index in [1.807, 2.05) is 32.9 Å². The largest absolute Gasteiger partial charge is 0.369 e. The summed E-state index contributed by atoms with van der Waals surface area (Å²) in [5, 5.41) is 0. The molecule has 0 bridgehead atoms. The molecule has 0 aliphatic carbocycles. The number of carbonyl (C=O) groups excluding carboxylic acids is 1. The van der Waals surface area contributed by atoms with Crippen LogP contribution < -0.4 is 5.73 Å². The van der Waals surface area contributed by atoms with Crippen LogP contribution >= 0.6 is 0 Å². The van der Waals surface area contributed by atoms with Gasteiger partial charge in [-0.25, -0.2) is 0 Å². The van der Waals surface area contributed by atoms with Gasteiger partial charge in [-0.2, -0.15) is 0 Å². The highest BCUT2D eigenvalue weighted by Crippen LogP contribution is 2.07. The van der Waals surface area contributed by atoms with Crippen LogP contribution in [0.25, 0.3) is 0 Å². The van der Waals surface area contributed by atoms with E-state index >= 15 is 0 Å². The number of rotatable bonds is 3. The monoisotopic (exact) mass is 153 g/mol. The lowest BCUT2D eigenvalue weighted by molar-refractivity contribution is -0.117. The average Bonchev–Trinajstić information content (AvgIpc) is 1.98. The molecule has 0 heterocycles. The molecule has 62 valence electrons. The number of allylic oxidation sites excluding steroid dienone is 3. The van der Waals surface area contributed by atoms with Crippen molar-refractivity contribution in [1.29, 1.82) is 0 Å². The van der Waals surface area contributed by atoms with Crippen molar-refractivity contribution in [3.8, 4) is 0 Å². The van der Waals surface area contributed by atoms with Gasteiger partial charge in [-0.05, 0) is 20.8 Å². The summed E-state index contributed by atoms with van der Waals surface area (Å²) in [6, 6.07) is 0. The Morgan fingerprint density at radius 2 is 1.91 bits per heavy atom. The van der Waals surface area contributed by atoms with Crippen molar-refractivity contribution in [2.45, 2.75) is 27.2 Å². The highest BCUT2D eigenvalue weighted by molar-refractivity contribution is 5.75. The molecule has 0 fully saturated rings. The Bertz CT molecular complexity index is 202. The number of hydrogen-bond acceptors (Lipinski definition) is 1. The summed E-state index contributed by atoms with van der Waals surface area (Å²) in [5.41, 5.74) is 7.28. The Hall–Kier alpha value is -1.05. The normalized spacial score (nSPS) is 13.4. The lowest BCUT2D eigenvalue weighted by Crippen LogP contribution is -2.08. The van der Waals surface area contributed by atoms with Gasteiger partial charge in [-0.1, -0.05) is 23.3 Å². The molecule has 0 atom stereocenters. The smallest absolute Gasteiger partial charge is 0.221 e. The molecule has 11 heavy (non-hydrogen) atoms. The SMILES string of the molecule is C/C=C(C)\C(C)=C/CC(N)=O. The lowest BCUT2D eigenvalue weighted by Gasteiger charge is -1.98. The summed E-state index contributed by atoms with van der Waals surface area (Å²) in [5.74, 6) is -0.284. The van der Waals surface area contributed by atoms with Crippen LogP contribution in [0, 0.1) is 0 Å². The molecule has 0 saturated heterocycles. The molecule has 0 rings (SSSR count). The molecule has 0 spiro atoms. The predicted octanol–water partition coefficient (Wildman–Crippen LogP) is 1.77. The fourth-order valence-electron chi connectivity index (χ4n) is 0.642. The fourth-order valence-corrected chi connectivity index (χ4v) is 0.642. The molecule has 0 aliphatic heterocycles. The van der Waals surface area contributed by atoms with Gasteiger partial charge in [0.05, 0.1) is 0 Å². The van der Waals surface area contributed by atoms with Crippen LogP contribution in [-0.4, -0.2) is 5.91 Å². The summed E-state index contributed by atoms with van der Waals surface area (Å²) in [6.45, 7) is 5.95. The van der Waals surface area contributed by atoms with Crippen molar-refractivity contribution < 1.29 is 4.79 Å². The second-order valence-corrected chi connectivity index (χ2v) is 2.53. The van der Waals surface area contributed by atoms with Gasteiger partial charge in [-0.3, -0.25) is 4.79 Å². The van der Waals surface area contributed by atoms with E-state index in [1.54, 1.807) is 0 Å². The van der Waals surface area contributed by atoms with Crippen LogP contribution in [0.15, 0.2) is 23.3 Å². The maximum absolute atomic E-state index is 10.4. The zero-order chi connectivity index (χ0) is 8.85. The van der Waals surface area contributed by atoms with Gasteiger partial charge >= 0.3 is 0 Å². The molecule has 0 aromatic rings. The van der Waals surface area contributed by atoms with E-state index in [2.05, 4.69) is 0 Å². The first kappa shape index (κ1) is 9.95. The van der Waals surface area contributed by atoms with Gasteiger partial charge in [0, 0.05) is 6.42 Å². The lowest BCUT2D eigenvalue weighted by atomic mass is 10.1. The van der Waals surface area contributed by atoms with Crippen LogP contribution in [0.2, 0.25) is 0 Å². The minimum atomic E-state index is -0.284. The van der Waals surface area contributed by atoms with Gasteiger partial charge in [0.1, 0.15) is 0 Å². The molecule has 0 unspecified atom stereocenters.